The van der Waals surface area contributed by atoms with Crippen molar-refractivity contribution in [1.29, 1.82) is 0 Å². The van der Waals surface area contributed by atoms with E-state index in [0.717, 1.165) is 0 Å². The second-order valence-corrected chi connectivity index (χ2v) is 3.77. The van der Waals surface area contributed by atoms with E-state index in [9.17, 15) is 9.59 Å². The van der Waals surface area contributed by atoms with Crippen molar-refractivity contribution in [1.82, 2.24) is 15.3 Å². The highest BCUT2D eigenvalue weighted by Crippen LogP contribution is 2.08. The Balaban J connectivity index is 2.75. The number of nitrogens with zero attached hydrogens (tertiary/aromatic N) is 2. The predicted octanol–water partition coefficient (Wildman–Crippen LogP) is 0.706. The van der Waals surface area contributed by atoms with E-state index >= 15 is 0 Å². The first-order valence-electron chi connectivity index (χ1n) is 5.36. The minimum absolute atomic E-state index is 0.113. The van der Waals surface area contributed by atoms with Crippen LogP contribution in [0.15, 0.2) is 18.6 Å². The third kappa shape index (κ3) is 3.51. The van der Waals surface area contributed by atoms with Gasteiger partial charge in [0.2, 0.25) is 0 Å². The van der Waals surface area contributed by atoms with Gasteiger partial charge in [0.25, 0.3) is 5.91 Å². The molecule has 2 atom stereocenters. The van der Waals surface area contributed by atoms with Crippen LogP contribution in [0.3, 0.4) is 0 Å². The maximum Gasteiger partial charge on any atom is 0.326 e. The molecule has 6 heteroatoms. The van der Waals surface area contributed by atoms with Crippen LogP contribution in [0.1, 0.15) is 30.8 Å². The van der Waals surface area contributed by atoms with E-state index in [0.29, 0.717) is 6.42 Å². The number of hydrogen-bond donors (Lipinski definition) is 2. The van der Waals surface area contributed by atoms with Crippen molar-refractivity contribution in [3.05, 3.63) is 24.3 Å². The summed E-state index contributed by atoms with van der Waals surface area (Å²) >= 11 is 0. The van der Waals surface area contributed by atoms with E-state index in [1.54, 1.807) is 6.92 Å². The van der Waals surface area contributed by atoms with Crippen LogP contribution < -0.4 is 5.32 Å². The first-order chi connectivity index (χ1) is 8.06. The lowest BCUT2D eigenvalue weighted by Crippen LogP contribution is -2.45. The SMILES string of the molecule is CCC(C)C(NC(=O)c1cnccn1)C(=O)O. The first-order valence-corrected chi connectivity index (χ1v) is 5.36. The van der Waals surface area contributed by atoms with Gasteiger partial charge in [-0.15, -0.1) is 0 Å². The van der Waals surface area contributed by atoms with E-state index in [1.807, 2.05) is 6.92 Å². The van der Waals surface area contributed by atoms with Crippen LogP contribution in [0.2, 0.25) is 0 Å². The van der Waals surface area contributed by atoms with Gasteiger partial charge in [-0.3, -0.25) is 9.78 Å². The van der Waals surface area contributed by atoms with Gasteiger partial charge in [-0.1, -0.05) is 20.3 Å². The van der Waals surface area contributed by atoms with Gasteiger partial charge in [0.1, 0.15) is 11.7 Å². The molecule has 0 aromatic carbocycles. The van der Waals surface area contributed by atoms with Crippen LogP contribution in [-0.4, -0.2) is 33.0 Å². The summed E-state index contributed by atoms with van der Waals surface area (Å²) in [5.74, 6) is -1.71. The Labute approximate surface area is 99.1 Å². The summed E-state index contributed by atoms with van der Waals surface area (Å²) in [4.78, 5) is 30.3. The molecule has 1 aromatic rings. The third-order valence-electron chi connectivity index (χ3n) is 2.56. The molecule has 0 saturated carbocycles. The minimum Gasteiger partial charge on any atom is -0.480 e. The van der Waals surface area contributed by atoms with Gasteiger partial charge >= 0.3 is 5.97 Å². The topological polar surface area (TPSA) is 92.2 Å². The Hall–Kier alpha value is -1.98. The van der Waals surface area contributed by atoms with Crippen molar-refractivity contribution in [2.45, 2.75) is 26.3 Å². The molecule has 92 valence electrons. The molecule has 1 rings (SSSR count). The van der Waals surface area contributed by atoms with Gasteiger partial charge in [-0.2, -0.15) is 0 Å². The van der Waals surface area contributed by atoms with E-state index < -0.39 is 17.9 Å². The van der Waals surface area contributed by atoms with Gasteiger partial charge in [0, 0.05) is 12.4 Å². The van der Waals surface area contributed by atoms with Crippen LogP contribution in [0, 0.1) is 5.92 Å². The Morgan fingerprint density at radius 2 is 2.18 bits per heavy atom. The summed E-state index contributed by atoms with van der Waals surface area (Å²) in [6, 6.07) is -0.908. The van der Waals surface area contributed by atoms with Crippen LogP contribution in [0.5, 0.6) is 0 Å². The largest absolute Gasteiger partial charge is 0.480 e. The third-order valence-corrected chi connectivity index (χ3v) is 2.56. The molecular weight excluding hydrogens is 222 g/mol. The molecule has 6 nitrogen and oxygen atoms in total. The molecule has 1 heterocycles. The summed E-state index contributed by atoms with van der Waals surface area (Å²) in [6.45, 7) is 3.64. The number of carbonyl (C=O) groups excluding carboxylic acids is 1. The molecule has 0 spiro atoms. The van der Waals surface area contributed by atoms with Gasteiger partial charge in [0.05, 0.1) is 6.20 Å². The highest BCUT2D eigenvalue weighted by molar-refractivity contribution is 5.94. The van der Waals surface area contributed by atoms with Gasteiger partial charge in [0.15, 0.2) is 0 Å². The number of carbonyl (C=O) groups is 2. The predicted molar refractivity (Wildman–Crippen MR) is 60.4 cm³/mol. The van der Waals surface area contributed by atoms with Crippen LogP contribution in [0.25, 0.3) is 0 Å². The fourth-order valence-electron chi connectivity index (χ4n) is 1.31. The molecule has 1 aromatic heterocycles. The Morgan fingerprint density at radius 3 is 2.65 bits per heavy atom. The molecule has 0 aliphatic carbocycles. The fraction of sp³-hybridized carbons (Fsp3) is 0.455. The fourth-order valence-corrected chi connectivity index (χ4v) is 1.31. The minimum atomic E-state index is -1.04. The highest BCUT2D eigenvalue weighted by Gasteiger charge is 2.26. The standard InChI is InChI=1S/C11H15N3O3/c1-3-7(2)9(11(16)17)14-10(15)8-6-12-4-5-13-8/h4-7,9H,3H2,1-2H3,(H,14,15)(H,16,17). The summed E-state index contributed by atoms with van der Waals surface area (Å²) in [6.07, 6.45) is 4.79. The smallest absolute Gasteiger partial charge is 0.326 e. The average Bonchev–Trinajstić information content (AvgIpc) is 2.35. The average molecular weight is 237 g/mol. The first kappa shape index (κ1) is 13.1. The number of aliphatic carboxylic acids is 1. The molecule has 0 aliphatic rings. The molecule has 0 saturated heterocycles. The van der Waals surface area contributed by atoms with E-state index in [1.165, 1.54) is 18.6 Å². The number of amides is 1. The second kappa shape index (κ2) is 5.93. The van der Waals surface area contributed by atoms with Crippen molar-refractivity contribution >= 4 is 11.9 Å². The van der Waals surface area contributed by atoms with Crippen LogP contribution in [0.4, 0.5) is 0 Å². The Kier molecular flexibility index (Phi) is 4.56. The molecule has 0 radical (unpaired) electrons. The zero-order valence-electron chi connectivity index (χ0n) is 9.75. The number of carboxylic acid groups (broad SMARTS) is 1. The summed E-state index contributed by atoms with van der Waals surface area (Å²) < 4.78 is 0. The highest BCUT2D eigenvalue weighted by atomic mass is 16.4. The lowest BCUT2D eigenvalue weighted by molar-refractivity contribution is -0.140. The molecule has 0 bridgehead atoms. The van der Waals surface area contributed by atoms with Gasteiger partial charge in [-0.05, 0) is 5.92 Å². The lowest BCUT2D eigenvalue weighted by atomic mass is 9.99. The van der Waals surface area contributed by atoms with E-state index in [4.69, 9.17) is 5.11 Å². The lowest BCUT2D eigenvalue weighted by Gasteiger charge is -2.19. The zero-order chi connectivity index (χ0) is 12.8. The number of nitrogens with one attached hydrogen (secondary N) is 1. The van der Waals surface area contributed by atoms with Crippen molar-refractivity contribution < 1.29 is 14.7 Å². The van der Waals surface area contributed by atoms with Crippen molar-refractivity contribution in [2.24, 2.45) is 5.92 Å². The molecule has 17 heavy (non-hydrogen) atoms. The Morgan fingerprint density at radius 1 is 1.47 bits per heavy atom. The molecule has 1 amide bonds. The van der Waals surface area contributed by atoms with E-state index in [-0.39, 0.29) is 11.6 Å². The molecular formula is C11H15N3O3. The number of carboxylic acids is 1. The maximum absolute atomic E-state index is 11.7. The summed E-state index contributed by atoms with van der Waals surface area (Å²) in [5, 5.41) is 11.5. The van der Waals surface area contributed by atoms with Crippen molar-refractivity contribution in [3.8, 4) is 0 Å². The van der Waals surface area contributed by atoms with E-state index in [2.05, 4.69) is 15.3 Å². The second-order valence-electron chi connectivity index (χ2n) is 3.77. The van der Waals surface area contributed by atoms with Crippen molar-refractivity contribution in [3.63, 3.8) is 0 Å². The molecule has 2 N–H and O–H groups in total. The van der Waals surface area contributed by atoms with Gasteiger partial charge in [-0.25, -0.2) is 9.78 Å². The number of hydrogen-bond acceptors (Lipinski definition) is 4. The monoisotopic (exact) mass is 237 g/mol. The van der Waals surface area contributed by atoms with Crippen LogP contribution >= 0.6 is 0 Å². The molecule has 0 fully saturated rings. The quantitative estimate of drug-likeness (QED) is 0.786. The van der Waals surface area contributed by atoms with Gasteiger partial charge < -0.3 is 10.4 Å². The number of rotatable bonds is 5. The zero-order valence-corrected chi connectivity index (χ0v) is 9.75. The summed E-state index contributed by atoms with van der Waals surface area (Å²) in [5.41, 5.74) is 0.113. The normalized spacial score (nSPS) is 13.8. The number of aromatic nitrogens is 2. The molecule has 0 aliphatic heterocycles. The Bertz CT molecular complexity index is 394. The molecule has 2 unspecified atom stereocenters. The van der Waals surface area contributed by atoms with Crippen LogP contribution in [-0.2, 0) is 4.79 Å². The maximum atomic E-state index is 11.7. The van der Waals surface area contributed by atoms with Crippen molar-refractivity contribution in [2.75, 3.05) is 0 Å². The summed E-state index contributed by atoms with van der Waals surface area (Å²) in [7, 11) is 0.